The Morgan fingerprint density at radius 1 is 1.17 bits per heavy atom. The number of rotatable bonds is 7. The van der Waals surface area contributed by atoms with E-state index in [2.05, 4.69) is 10.6 Å². The molecule has 0 aliphatic heterocycles. The zero-order valence-corrected chi connectivity index (χ0v) is 10.9. The molecule has 2 unspecified atom stereocenters. The number of primary amides is 1. The van der Waals surface area contributed by atoms with Gasteiger partial charge in [-0.15, -0.1) is 0 Å². The van der Waals surface area contributed by atoms with Crippen molar-refractivity contribution in [1.82, 2.24) is 10.6 Å². The molecule has 0 heterocycles. The summed E-state index contributed by atoms with van der Waals surface area (Å²) in [4.78, 5) is 33.0. The fourth-order valence-electron chi connectivity index (χ4n) is 1.43. The van der Waals surface area contributed by atoms with Crippen LogP contribution in [0.4, 0.5) is 4.79 Å². The molecule has 18 heavy (non-hydrogen) atoms. The summed E-state index contributed by atoms with van der Waals surface area (Å²) in [6.07, 6.45) is 0.319. The molecule has 104 valence electrons. The SMILES string of the molecule is CC(CCC(=O)O)NC(=O)C(NC(N)=O)C(C)C. The molecule has 0 bridgehead atoms. The highest BCUT2D eigenvalue weighted by atomic mass is 16.4. The Morgan fingerprint density at radius 3 is 2.11 bits per heavy atom. The van der Waals surface area contributed by atoms with Gasteiger partial charge in [-0.2, -0.15) is 0 Å². The van der Waals surface area contributed by atoms with Crippen molar-refractivity contribution in [3.8, 4) is 0 Å². The van der Waals surface area contributed by atoms with Gasteiger partial charge >= 0.3 is 12.0 Å². The summed E-state index contributed by atoms with van der Waals surface area (Å²) in [6.45, 7) is 5.27. The highest BCUT2D eigenvalue weighted by Crippen LogP contribution is 2.03. The molecule has 0 aliphatic rings. The number of carbonyl (C=O) groups excluding carboxylic acids is 2. The van der Waals surface area contributed by atoms with Crippen molar-refractivity contribution in [2.45, 2.75) is 45.7 Å². The van der Waals surface area contributed by atoms with Gasteiger partial charge in [0.2, 0.25) is 5.91 Å². The molecule has 5 N–H and O–H groups in total. The first-order valence-electron chi connectivity index (χ1n) is 5.82. The number of urea groups is 1. The molecule has 0 aromatic heterocycles. The van der Waals surface area contributed by atoms with Crippen LogP contribution in [0.25, 0.3) is 0 Å². The average Bonchev–Trinajstić information content (AvgIpc) is 2.22. The number of hydrogen-bond donors (Lipinski definition) is 4. The van der Waals surface area contributed by atoms with Gasteiger partial charge in [-0.25, -0.2) is 4.79 Å². The van der Waals surface area contributed by atoms with Gasteiger partial charge in [-0.3, -0.25) is 9.59 Å². The zero-order chi connectivity index (χ0) is 14.3. The number of amides is 3. The fourth-order valence-corrected chi connectivity index (χ4v) is 1.43. The standard InChI is InChI=1S/C11H21N3O4/c1-6(2)9(14-11(12)18)10(17)13-7(3)4-5-8(15)16/h6-7,9H,4-5H2,1-3H3,(H,13,17)(H,15,16)(H3,12,14,18). The van der Waals surface area contributed by atoms with Crippen molar-refractivity contribution in [1.29, 1.82) is 0 Å². The van der Waals surface area contributed by atoms with Gasteiger partial charge in [-0.1, -0.05) is 13.8 Å². The number of carbonyl (C=O) groups is 3. The van der Waals surface area contributed by atoms with Gasteiger partial charge < -0.3 is 21.5 Å². The molecular formula is C11H21N3O4. The van der Waals surface area contributed by atoms with Crippen LogP contribution in [0.1, 0.15) is 33.6 Å². The van der Waals surface area contributed by atoms with Gasteiger partial charge in [0.05, 0.1) is 0 Å². The first-order valence-corrected chi connectivity index (χ1v) is 5.82. The van der Waals surface area contributed by atoms with Crippen molar-refractivity contribution in [3.63, 3.8) is 0 Å². The molecule has 0 saturated heterocycles. The fraction of sp³-hybridized carbons (Fsp3) is 0.727. The lowest BCUT2D eigenvalue weighted by Gasteiger charge is -2.23. The monoisotopic (exact) mass is 259 g/mol. The normalized spacial score (nSPS) is 13.8. The summed E-state index contributed by atoms with van der Waals surface area (Å²) in [6, 6.07) is -1.75. The van der Waals surface area contributed by atoms with Crippen molar-refractivity contribution < 1.29 is 19.5 Å². The Kier molecular flexibility index (Phi) is 6.77. The van der Waals surface area contributed by atoms with Crippen LogP contribution >= 0.6 is 0 Å². The van der Waals surface area contributed by atoms with Gasteiger partial charge in [0, 0.05) is 12.5 Å². The van der Waals surface area contributed by atoms with Crippen LogP contribution < -0.4 is 16.4 Å². The van der Waals surface area contributed by atoms with E-state index in [9.17, 15) is 14.4 Å². The molecule has 7 heteroatoms. The second-order valence-electron chi connectivity index (χ2n) is 4.57. The smallest absolute Gasteiger partial charge is 0.312 e. The Morgan fingerprint density at radius 2 is 1.72 bits per heavy atom. The minimum absolute atomic E-state index is 0.0168. The van der Waals surface area contributed by atoms with Crippen LogP contribution in [0.3, 0.4) is 0 Å². The molecule has 0 spiro atoms. The molecule has 3 amide bonds. The summed E-state index contributed by atoms with van der Waals surface area (Å²) in [5.74, 6) is -1.38. The van der Waals surface area contributed by atoms with Gasteiger partial charge in [0.15, 0.2) is 0 Å². The van der Waals surface area contributed by atoms with E-state index >= 15 is 0 Å². The molecule has 2 atom stereocenters. The number of aliphatic carboxylic acids is 1. The number of hydrogen-bond acceptors (Lipinski definition) is 3. The van der Waals surface area contributed by atoms with E-state index in [1.54, 1.807) is 20.8 Å². The maximum absolute atomic E-state index is 11.8. The zero-order valence-electron chi connectivity index (χ0n) is 10.9. The highest BCUT2D eigenvalue weighted by molar-refractivity contribution is 5.86. The minimum Gasteiger partial charge on any atom is -0.481 e. The van der Waals surface area contributed by atoms with Crippen molar-refractivity contribution in [3.05, 3.63) is 0 Å². The lowest BCUT2D eigenvalue weighted by Crippen LogP contribution is -2.53. The van der Waals surface area contributed by atoms with Crippen LogP contribution in [0.2, 0.25) is 0 Å². The predicted molar refractivity (Wildman–Crippen MR) is 65.8 cm³/mol. The molecule has 0 aromatic rings. The summed E-state index contributed by atoms with van der Waals surface area (Å²) >= 11 is 0. The molecular weight excluding hydrogens is 238 g/mol. The molecule has 0 rings (SSSR count). The molecule has 0 saturated carbocycles. The molecule has 0 fully saturated rings. The predicted octanol–water partition coefficient (Wildman–Crippen LogP) is 0.0488. The van der Waals surface area contributed by atoms with Crippen LogP contribution in [0.15, 0.2) is 0 Å². The summed E-state index contributed by atoms with van der Waals surface area (Å²) in [5.41, 5.74) is 4.99. The summed E-state index contributed by atoms with van der Waals surface area (Å²) < 4.78 is 0. The summed E-state index contributed by atoms with van der Waals surface area (Å²) in [5, 5.41) is 13.5. The third-order valence-corrected chi connectivity index (χ3v) is 2.43. The van der Waals surface area contributed by atoms with Crippen LogP contribution in [0, 0.1) is 5.92 Å². The van der Waals surface area contributed by atoms with E-state index in [0.717, 1.165) is 0 Å². The maximum atomic E-state index is 11.8. The third kappa shape index (κ3) is 6.72. The second kappa shape index (κ2) is 7.52. The number of carboxylic acid groups (broad SMARTS) is 1. The molecule has 7 nitrogen and oxygen atoms in total. The number of carboxylic acids is 1. The van der Waals surface area contributed by atoms with Crippen molar-refractivity contribution in [2.75, 3.05) is 0 Å². The molecule has 0 radical (unpaired) electrons. The highest BCUT2D eigenvalue weighted by Gasteiger charge is 2.24. The Labute approximate surface area is 106 Å². The van der Waals surface area contributed by atoms with E-state index in [4.69, 9.17) is 10.8 Å². The Bertz CT molecular complexity index is 317. The van der Waals surface area contributed by atoms with Crippen molar-refractivity contribution >= 4 is 17.9 Å². The van der Waals surface area contributed by atoms with E-state index in [1.807, 2.05) is 0 Å². The van der Waals surface area contributed by atoms with Gasteiger partial charge in [0.1, 0.15) is 6.04 Å². The van der Waals surface area contributed by atoms with Gasteiger partial charge in [0.25, 0.3) is 0 Å². The van der Waals surface area contributed by atoms with E-state index < -0.39 is 18.0 Å². The first kappa shape index (κ1) is 16.2. The van der Waals surface area contributed by atoms with Gasteiger partial charge in [-0.05, 0) is 19.3 Å². The average molecular weight is 259 g/mol. The third-order valence-electron chi connectivity index (χ3n) is 2.43. The maximum Gasteiger partial charge on any atom is 0.312 e. The topological polar surface area (TPSA) is 122 Å². The second-order valence-corrected chi connectivity index (χ2v) is 4.57. The summed E-state index contributed by atoms with van der Waals surface area (Å²) in [7, 11) is 0. The van der Waals surface area contributed by atoms with E-state index in [0.29, 0.717) is 6.42 Å². The van der Waals surface area contributed by atoms with Crippen LogP contribution in [-0.4, -0.2) is 35.1 Å². The van der Waals surface area contributed by atoms with E-state index in [1.165, 1.54) is 0 Å². The number of nitrogens with one attached hydrogen (secondary N) is 2. The Balaban J connectivity index is 4.32. The van der Waals surface area contributed by atoms with Crippen LogP contribution in [-0.2, 0) is 9.59 Å². The quantitative estimate of drug-likeness (QED) is 0.516. The number of nitrogens with two attached hydrogens (primary N) is 1. The van der Waals surface area contributed by atoms with E-state index in [-0.39, 0.29) is 24.3 Å². The lowest BCUT2D eigenvalue weighted by atomic mass is 10.0. The lowest BCUT2D eigenvalue weighted by molar-refractivity contribution is -0.137. The van der Waals surface area contributed by atoms with Crippen molar-refractivity contribution in [2.24, 2.45) is 11.7 Å². The first-order chi connectivity index (χ1) is 8.23. The molecule has 0 aromatic carbocycles. The van der Waals surface area contributed by atoms with Crippen LogP contribution in [0.5, 0.6) is 0 Å². The minimum atomic E-state index is -0.910. The Hall–Kier alpha value is -1.79. The largest absolute Gasteiger partial charge is 0.481 e. The molecule has 0 aliphatic carbocycles.